The first kappa shape index (κ1) is 25.3. The molecule has 7 N–H and O–H groups in total. The summed E-state index contributed by atoms with van der Waals surface area (Å²) < 4.78 is 0. The molecule has 0 unspecified atom stereocenters. The molecule has 0 spiro atoms. The Kier molecular flexibility index (Phi) is 7.50. The van der Waals surface area contributed by atoms with Crippen LogP contribution >= 0.6 is 0 Å². The van der Waals surface area contributed by atoms with E-state index >= 15 is 0 Å². The van der Waals surface area contributed by atoms with Gasteiger partial charge >= 0.3 is 12.0 Å². The van der Waals surface area contributed by atoms with Crippen molar-refractivity contribution in [3.63, 3.8) is 0 Å². The number of hydrogen-bond acceptors (Lipinski definition) is 4. The average Bonchev–Trinajstić information content (AvgIpc) is 3.04. The Morgan fingerprint density at radius 1 is 0.969 bits per heavy atom. The number of carbonyl (C=O) groups is 2. The normalized spacial score (nSPS) is 46.0. The molecule has 10 atom stereocenters. The summed E-state index contributed by atoms with van der Waals surface area (Å²) >= 11 is 0. The summed E-state index contributed by atoms with van der Waals surface area (Å²) in [7, 11) is 0. The molecule has 4 aliphatic rings. The third kappa shape index (κ3) is 4.65. The van der Waals surface area contributed by atoms with Gasteiger partial charge in [-0.15, -0.1) is 0 Å². The molecular formula is C25H44N2O5. The minimum atomic E-state index is -0.833. The Morgan fingerprint density at radius 3 is 2.19 bits per heavy atom. The zero-order chi connectivity index (χ0) is 23.8. The highest BCUT2D eigenvalue weighted by Crippen LogP contribution is 2.68. The number of carboxylic acid groups (broad SMARTS) is 1. The number of fused-ring (bicyclic) bond motifs is 5. The van der Waals surface area contributed by atoms with Gasteiger partial charge in [0.2, 0.25) is 0 Å². The molecule has 4 saturated carbocycles. The number of carboxylic acids is 1. The SMILES string of the molecule is C[C@H](CCC(=O)O)[C@H]1CC[C@H]2[C@@H]3[C@@H](O)C[C@@H]4C[C@H](O)CC[C@]4(C)[C@H]3CC[C@]12C.NC(N)=O. The molecule has 0 aromatic heterocycles. The molecule has 4 fully saturated rings. The van der Waals surface area contributed by atoms with Crippen LogP contribution in [0.4, 0.5) is 4.79 Å². The van der Waals surface area contributed by atoms with Crippen molar-refractivity contribution in [3.05, 3.63) is 0 Å². The van der Waals surface area contributed by atoms with Gasteiger partial charge in [-0.2, -0.15) is 0 Å². The number of aliphatic carboxylic acids is 1. The third-order valence-electron chi connectivity index (χ3n) is 10.2. The third-order valence-corrected chi connectivity index (χ3v) is 10.2. The van der Waals surface area contributed by atoms with Crippen molar-refractivity contribution in [1.82, 2.24) is 0 Å². The maximum atomic E-state index is 11.2. The van der Waals surface area contributed by atoms with Crippen LogP contribution in [0.25, 0.3) is 0 Å². The van der Waals surface area contributed by atoms with Gasteiger partial charge in [0.1, 0.15) is 0 Å². The lowest BCUT2D eigenvalue weighted by atomic mass is 9.43. The molecule has 184 valence electrons. The molecular weight excluding hydrogens is 408 g/mol. The molecule has 4 rings (SSSR count). The first-order valence-electron chi connectivity index (χ1n) is 12.5. The van der Waals surface area contributed by atoms with Crippen LogP contribution in [-0.2, 0) is 4.79 Å². The minimum absolute atomic E-state index is 0.179. The summed E-state index contributed by atoms with van der Waals surface area (Å²) in [6.45, 7) is 7.16. The Balaban J connectivity index is 0.000000668. The summed E-state index contributed by atoms with van der Waals surface area (Å²) in [5.74, 6) is 2.36. The molecule has 0 bridgehead atoms. The number of urea groups is 1. The van der Waals surface area contributed by atoms with Gasteiger partial charge in [-0.1, -0.05) is 20.8 Å². The molecule has 0 saturated heterocycles. The fourth-order valence-electron chi connectivity index (χ4n) is 8.73. The van der Waals surface area contributed by atoms with E-state index in [9.17, 15) is 15.0 Å². The molecule has 2 amide bonds. The quantitative estimate of drug-likeness (QED) is 0.443. The highest BCUT2D eigenvalue weighted by molar-refractivity contribution is 5.69. The number of aliphatic hydroxyl groups is 2. The van der Waals surface area contributed by atoms with Crippen LogP contribution in [-0.4, -0.2) is 39.5 Å². The highest BCUT2D eigenvalue weighted by Gasteiger charge is 2.62. The lowest BCUT2D eigenvalue weighted by Crippen LogP contribution is -2.58. The second-order valence-corrected chi connectivity index (χ2v) is 11.8. The fourth-order valence-corrected chi connectivity index (χ4v) is 8.73. The lowest BCUT2D eigenvalue weighted by molar-refractivity contribution is -0.174. The van der Waals surface area contributed by atoms with E-state index in [2.05, 4.69) is 32.2 Å². The van der Waals surface area contributed by atoms with E-state index < -0.39 is 12.0 Å². The number of carbonyl (C=O) groups excluding carboxylic acids is 1. The van der Waals surface area contributed by atoms with Crippen LogP contribution in [0.5, 0.6) is 0 Å². The van der Waals surface area contributed by atoms with E-state index in [1.54, 1.807) is 0 Å². The lowest BCUT2D eigenvalue weighted by Gasteiger charge is -2.62. The Labute approximate surface area is 192 Å². The van der Waals surface area contributed by atoms with Gasteiger partial charge in [-0.05, 0) is 104 Å². The minimum Gasteiger partial charge on any atom is -0.481 e. The van der Waals surface area contributed by atoms with E-state index in [4.69, 9.17) is 9.90 Å². The fraction of sp³-hybridized carbons (Fsp3) is 0.920. The molecule has 0 heterocycles. The monoisotopic (exact) mass is 452 g/mol. The van der Waals surface area contributed by atoms with Crippen LogP contribution in [0.1, 0.15) is 85.0 Å². The summed E-state index contributed by atoms with van der Waals surface area (Å²) in [5, 5.41) is 30.5. The van der Waals surface area contributed by atoms with Crippen molar-refractivity contribution in [1.29, 1.82) is 0 Å². The predicted octanol–water partition coefficient (Wildman–Crippen LogP) is 3.50. The molecule has 4 aliphatic carbocycles. The van der Waals surface area contributed by atoms with Crippen LogP contribution in [0, 0.1) is 46.3 Å². The van der Waals surface area contributed by atoms with E-state index in [0.717, 1.165) is 32.1 Å². The Morgan fingerprint density at radius 2 is 1.56 bits per heavy atom. The summed E-state index contributed by atoms with van der Waals surface area (Å²) in [5.41, 5.74) is 9.02. The molecule has 7 nitrogen and oxygen atoms in total. The van der Waals surface area contributed by atoms with Gasteiger partial charge in [0, 0.05) is 6.42 Å². The molecule has 0 radical (unpaired) electrons. The van der Waals surface area contributed by atoms with Crippen LogP contribution in [0.15, 0.2) is 0 Å². The largest absolute Gasteiger partial charge is 0.481 e. The molecule has 32 heavy (non-hydrogen) atoms. The summed E-state index contributed by atoms with van der Waals surface area (Å²) in [6, 6.07) is -0.833. The van der Waals surface area contributed by atoms with Gasteiger partial charge < -0.3 is 26.8 Å². The summed E-state index contributed by atoms with van der Waals surface area (Å²) in [6.07, 6.45) is 9.19. The maximum Gasteiger partial charge on any atom is 0.309 e. The van der Waals surface area contributed by atoms with Crippen LogP contribution in [0.3, 0.4) is 0 Å². The second kappa shape index (κ2) is 9.49. The van der Waals surface area contributed by atoms with Crippen molar-refractivity contribution in [3.8, 4) is 0 Å². The maximum absolute atomic E-state index is 11.2. The number of rotatable bonds is 4. The topological polar surface area (TPSA) is 147 Å². The number of hydrogen-bond donors (Lipinski definition) is 5. The smallest absolute Gasteiger partial charge is 0.309 e. The van der Waals surface area contributed by atoms with E-state index in [1.807, 2.05) is 0 Å². The molecule has 7 heteroatoms. The number of primary amides is 2. The summed E-state index contributed by atoms with van der Waals surface area (Å²) in [4.78, 5) is 20.1. The van der Waals surface area contributed by atoms with Crippen molar-refractivity contribution >= 4 is 12.0 Å². The van der Waals surface area contributed by atoms with Gasteiger partial charge in [0.15, 0.2) is 0 Å². The zero-order valence-corrected chi connectivity index (χ0v) is 20.0. The molecule has 0 aromatic carbocycles. The zero-order valence-electron chi connectivity index (χ0n) is 20.0. The standard InChI is InChI=1S/C24H40O4.CH4N2O/c1-14(4-7-21(27)28)17-5-6-18-22-19(9-11-24(17,18)3)23(2)10-8-16(25)12-15(23)13-20(22)26;2-1(3)4/h14-20,22,25-26H,4-13H2,1-3H3,(H,27,28);(H4,2,3,4)/t14-,15+,16-,17-,18+,19+,20+,22+,23+,24-;/m1./s1. The Hall–Kier alpha value is -1.34. The highest BCUT2D eigenvalue weighted by atomic mass is 16.4. The van der Waals surface area contributed by atoms with E-state index in [0.29, 0.717) is 35.5 Å². The van der Waals surface area contributed by atoms with Gasteiger partial charge in [0.05, 0.1) is 12.2 Å². The van der Waals surface area contributed by atoms with Crippen LogP contribution in [0.2, 0.25) is 0 Å². The number of amides is 2. The molecule has 0 aliphatic heterocycles. The van der Waals surface area contributed by atoms with Crippen molar-refractivity contribution in [2.24, 2.45) is 57.8 Å². The van der Waals surface area contributed by atoms with E-state index in [-0.39, 0.29) is 29.5 Å². The van der Waals surface area contributed by atoms with Crippen LogP contribution < -0.4 is 11.5 Å². The van der Waals surface area contributed by atoms with Crippen molar-refractivity contribution < 1.29 is 24.9 Å². The average molecular weight is 453 g/mol. The van der Waals surface area contributed by atoms with E-state index in [1.165, 1.54) is 25.7 Å². The van der Waals surface area contributed by atoms with Gasteiger partial charge in [-0.25, -0.2) is 4.79 Å². The number of nitrogens with two attached hydrogens (primary N) is 2. The van der Waals surface area contributed by atoms with Crippen molar-refractivity contribution in [2.45, 2.75) is 97.2 Å². The second-order valence-electron chi connectivity index (χ2n) is 11.8. The first-order chi connectivity index (χ1) is 14.9. The van der Waals surface area contributed by atoms with Crippen molar-refractivity contribution in [2.75, 3.05) is 0 Å². The predicted molar refractivity (Wildman–Crippen MR) is 122 cm³/mol. The Bertz CT molecular complexity index is 698. The molecule has 0 aromatic rings. The van der Waals surface area contributed by atoms with Gasteiger partial charge in [0.25, 0.3) is 0 Å². The van der Waals surface area contributed by atoms with Gasteiger partial charge in [-0.3, -0.25) is 4.79 Å². The number of aliphatic hydroxyl groups excluding tert-OH is 2. The first-order valence-corrected chi connectivity index (χ1v) is 12.5.